The highest BCUT2D eigenvalue weighted by Gasteiger charge is 2.24. The van der Waals surface area contributed by atoms with Crippen molar-refractivity contribution >= 4 is 10.9 Å². The van der Waals surface area contributed by atoms with Gasteiger partial charge in [0, 0.05) is 36.9 Å². The fourth-order valence-electron chi connectivity index (χ4n) is 4.35. The number of para-hydroxylation sites is 1. The molecule has 0 bridgehead atoms. The molecule has 0 amide bonds. The van der Waals surface area contributed by atoms with Crippen LogP contribution in [0, 0.1) is 0 Å². The summed E-state index contributed by atoms with van der Waals surface area (Å²) in [7, 11) is 0. The van der Waals surface area contributed by atoms with Crippen LogP contribution in [0.3, 0.4) is 0 Å². The van der Waals surface area contributed by atoms with E-state index in [2.05, 4.69) is 84.1 Å². The predicted molar refractivity (Wildman–Crippen MR) is 112 cm³/mol. The smallest absolute Gasteiger partial charge is 0.119 e. The first-order valence-electron chi connectivity index (χ1n) is 10.2. The summed E-state index contributed by atoms with van der Waals surface area (Å²) >= 11 is 0. The number of aromatic nitrogens is 1. The first-order chi connectivity index (χ1) is 13.2. The molecular weight excluding hydrogens is 332 g/mol. The molecule has 2 aromatic carbocycles. The van der Waals surface area contributed by atoms with Gasteiger partial charge in [-0.1, -0.05) is 36.8 Å². The average Bonchev–Trinajstić information content (AvgIpc) is 3.08. The Morgan fingerprint density at radius 1 is 0.926 bits per heavy atom. The van der Waals surface area contributed by atoms with Crippen LogP contribution in [-0.4, -0.2) is 34.7 Å². The lowest BCUT2D eigenvalue weighted by atomic mass is 9.98. The third-order valence-electron chi connectivity index (χ3n) is 5.95. The summed E-state index contributed by atoms with van der Waals surface area (Å²) in [5.74, 6) is 0.966. The summed E-state index contributed by atoms with van der Waals surface area (Å²) in [4.78, 5) is 2.59. The Morgan fingerprint density at radius 3 is 2.44 bits per heavy atom. The quantitative estimate of drug-likeness (QED) is 0.589. The lowest BCUT2D eigenvalue weighted by Crippen LogP contribution is -2.45. The van der Waals surface area contributed by atoms with Crippen molar-refractivity contribution < 1.29 is 4.74 Å². The lowest BCUT2D eigenvalue weighted by Gasteiger charge is -2.38. The standard InChI is InChI=1S/C24H30N2O/c1-19-6-5-7-20(2)26(19)16-17-27-23-12-10-21(11-13-23)18-25-15-14-22-8-3-4-9-24(22)25/h3-4,8-15,19-20H,5-7,16-18H2,1-2H3/t19-,20+. The fourth-order valence-corrected chi connectivity index (χ4v) is 4.35. The second kappa shape index (κ2) is 8.18. The fraction of sp³-hybridized carbons (Fsp3) is 0.417. The molecule has 27 heavy (non-hydrogen) atoms. The predicted octanol–water partition coefficient (Wildman–Crippen LogP) is 5.33. The lowest BCUT2D eigenvalue weighted by molar-refractivity contribution is 0.0851. The number of piperidine rings is 1. The summed E-state index contributed by atoms with van der Waals surface area (Å²) < 4.78 is 8.31. The normalized spacial score (nSPS) is 20.8. The van der Waals surface area contributed by atoms with E-state index >= 15 is 0 Å². The molecule has 3 nitrogen and oxygen atoms in total. The van der Waals surface area contributed by atoms with Crippen molar-refractivity contribution in [2.75, 3.05) is 13.2 Å². The van der Waals surface area contributed by atoms with Gasteiger partial charge in [0.1, 0.15) is 12.4 Å². The van der Waals surface area contributed by atoms with Gasteiger partial charge >= 0.3 is 0 Å². The monoisotopic (exact) mass is 362 g/mol. The van der Waals surface area contributed by atoms with Crippen LogP contribution < -0.4 is 4.74 Å². The number of rotatable bonds is 6. The van der Waals surface area contributed by atoms with Gasteiger partial charge in [-0.3, -0.25) is 4.90 Å². The van der Waals surface area contributed by atoms with E-state index in [1.165, 1.54) is 35.7 Å². The van der Waals surface area contributed by atoms with Gasteiger partial charge in [0.25, 0.3) is 0 Å². The van der Waals surface area contributed by atoms with Crippen molar-refractivity contribution in [3.05, 3.63) is 66.4 Å². The molecule has 0 saturated carbocycles. The Bertz CT molecular complexity index is 857. The van der Waals surface area contributed by atoms with E-state index in [0.717, 1.165) is 25.4 Å². The Morgan fingerprint density at radius 2 is 1.67 bits per heavy atom. The van der Waals surface area contributed by atoms with E-state index in [0.29, 0.717) is 12.1 Å². The third-order valence-corrected chi connectivity index (χ3v) is 5.95. The van der Waals surface area contributed by atoms with Crippen molar-refractivity contribution in [1.29, 1.82) is 0 Å². The Labute approximate surface area is 162 Å². The molecule has 0 radical (unpaired) electrons. The topological polar surface area (TPSA) is 17.4 Å². The second-order valence-corrected chi connectivity index (χ2v) is 7.86. The van der Waals surface area contributed by atoms with E-state index < -0.39 is 0 Å². The van der Waals surface area contributed by atoms with Gasteiger partial charge in [-0.25, -0.2) is 0 Å². The summed E-state index contributed by atoms with van der Waals surface area (Å²) in [6, 6.07) is 20.6. The highest BCUT2D eigenvalue weighted by atomic mass is 16.5. The van der Waals surface area contributed by atoms with Gasteiger partial charge in [-0.2, -0.15) is 0 Å². The zero-order valence-electron chi connectivity index (χ0n) is 16.5. The van der Waals surface area contributed by atoms with Crippen LogP contribution >= 0.6 is 0 Å². The van der Waals surface area contributed by atoms with E-state index in [1.54, 1.807) is 0 Å². The number of nitrogens with zero attached hydrogens (tertiary/aromatic N) is 2. The number of benzene rings is 2. The maximum Gasteiger partial charge on any atom is 0.119 e. The number of hydrogen-bond donors (Lipinski definition) is 0. The molecule has 1 saturated heterocycles. The first-order valence-corrected chi connectivity index (χ1v) is 10.2. The zero-order valence-corrected chi connectivity index (χ0v) is 16.5. The van der Waals surface area contributed by atoms with Crippen molar-refractivity contribution in [3.63, 3.8) is 0 Å². The molecular formula is C24H30N2O. The molecule has 1 fully saturated rings. The molecule has 142 valence electrons. The second-order valence-electron chi connectivity index (χ2n) is 7.86. The molecule has 1 aliphatic rings. The van der Waals surface area contributed by atoms with E-state index in [1.807, 2.05) is 0 Å². The van der Waals surface area contributed by atoms with Crippen LogP contribution in [0.1, 0.15) is 38.7 Å². The summed E-state index contributed by atoms with van der Waals surface area (Å²) in [5.41, 5.74) is 2.57. The Hall–Kier alpha value is -2.26. The minimum absolute atomic E-state index is 0.677. The molecule has 3 aromatic rings. The molecule has 0 aliphatic carbocycles. The van der Waals surface area contributed by atoms with Gasteiger partial charge in [0.05, 0.1) is 0 Å². The number of ether oxygens (including phenoxy) is 1. The summed E-state index contributed by atoms with van der Waals surface area (Å²) in [5, 5.41) is 1.29. The number of hydrogen-bond acceptors (Lipinski definition) is 2. The van der Waals surface area contributed by atoms with Crippen LogP contribution in [-0.2, 0) is 6.54 Å². The molecule has 0 spiro atoms. The van der Waals surface area contributed by atoms with Crippen LogP contribution in [0.25, 0.3) is 10.9 Å². The molecule has 1 aromatic heterocycles. The van der Waals surface area contributed by atoms with E-state index in [-0.39, 0.29) is 0 Å². The molecule has 2 atom stereocenters. The van der Waals surface area contributed by atoms with Gasteiger partial charge < -0.3 is 9.30 Å². The first kappa shape index (κ1) is 18.1. The average molecular weight is 363 g/mol. The highest BCUT2D eigenvalue weighted by molar-refractivity contribution is 5.80. The number of likely N-dealkylation sites (tertiary alicyclic amines) is 1. The van der Waals surface area contributed by atoms with Crippen molar-refractivity contribution in [3.8, 4) is 5.75 Å². The van der Waals surface area contributed by atoms with E-state index in [9.17, 15) is 0 Å². The highest BCUT2D eigenvalue weighted by Crippen LogP contribution is 2.22. The maximum atomic E-state index is 6.02. The maximum absolute atomic E-state index is 6.02. The number of fused-ring (bicyclic) bond motifs is 1. The molecule has 1 aliphatic heterocycles. The Kier molecular flexibility index (Phi) is 5.49. The van der Waals surface area contributed by atoms with Gasteiger partial charge in [-0.15, -0.1) is 0 Å². The van der Waals surface area contributed by atoms with Gasteiger partial charge in [-0.05, 0) is 61.9 Å². The molecule has 3 heteroatoms. The minimum atomic E-state index is 0.677. The minimum Gasteiger partial charge on any atom is -0.492 e. The van der Waals surface area contributed by atoms with Crippen LogP contribution in [0.2, 0.25) is 0 Å². The SMILES string of the molecule is C[C@@H]1CCC[C@H](C)N1CCOc1ccc(Cn2ccc3ccccc32)cc1. The molecule has 0 N–H and O–H groups in total. The van der Waals surface area contributed by atoms with Gasteiger partial charge in [0.2, 0.25) is 0 Å². The Balaban J connectivity index is 1.32. The van der Waals surface area contributed by atoms with Crippen molar-refractivity contribution in [2.24, 2.45) is 0 Å². The molecule has 4 rings (SSSR count). The summed E-state index contributed by atoms with van der Waals surface area (Å²) in [6.07, 6.45) is 6.15. The third kappa shape index (κ3) is 4.19. The van der Waals surface area contributed by atoms with Crippen LogP contribution in [0.4, 0.5) is 0 Å². The van der Waals surface area contributed by atoms with Crippen molar-refractivity contribution in [1.82, 2.24) is 9.47 Å². The van der Waals surface area contributed by atoms with E-state index in [4.69, 9.17) is 4.74 Å². The molecule has 0 unspecified atom stereocenters. The van der Waals surface area contributed by atoms with Gasteiger partial charge in [0.15, 0.2) is 0 Å². The van der Waals surface area contributed by atoms with Crippen LogP contribution in [0.15, 0.2) is 60.8 Å². The van der Waals surface area contributed by atoms with Crippen LogP contribution in [0.5, 0.6) is 5.75 Å². The summed E-state index contributed by atoms with van der Waals surface area (Å²) in [6.45, 7) is 7.34. The molecule has 2 heterocycles. The zero-order chi connectivity index (χ0) is 18.6. The largest absolute Gasteiger partial charge is 0.492 e. The van der Waals surface area contributed by atoms with Crippen molar-refractivity contribution in [2.45, 2.75) is 51.7 Å².